The van der Waals surface area contributed by atoms with E-state index < -0.39 is 0 Å². The van der Waals surface area contributed by atoms with Crippen molar-refractivity contribution in [2.24, 2.45) is 5.92 Å². The van der Waals surface area contributed by atoms with E-state index in [0.29, 0.717) is 0 Å². The van der Waals surface area contributed by atoms with Crippen LogP contribution in [-0.4, -0.2) is 23.1 Å². The van der Waals surface area contributed by atoms with E-state index >= 15 is 0 Å². The van der Waals surface area contributed by atoms with Crippen LogP contribution in [-0.2, 0) is 0 Å². The molecule has 0 aromatic carbocycles. The molecule has 0 unspecified atom stereocenters. The Kier molecular flexibility index (Phi) is 3.49. The van der Waals surface area contributed by atoms with E-state index in [0.717, 1.165) is 0 Å². The van der Waals surface area contributed by atoms with Gasteiger partial charge in [0, 0.05) is 0 Å². The number of halogens is 1. The van der Waals surface area contributed by atoms with Crippen LogP contribution < -0.4 is 24.0 Å². The second-order valence-corrected chi connectivity index (χ2v) is 2.23. The molecule has 0 heterocycles. The van der Waals surface area contributed by atoms with E-state index in [1.807, 2.05) is 5.92 Å². The van der Waals surface area contributed by atoms with E-state index in [2.05, 4.69) is 0 Å². The summed E-state index contributed by atoms with van der Waals surface area (Å²) in [6, 6.07) is 0. The molecule has 0 aliphatic heterocycles. The SMILES string of the molecule is C1[C-]2CC1C2.[I-].[Mg+2]. The first-order valence-corrected chi connectivity index (χ1v) is 2.29. The van der Waals surface area contributed by atoms with E-state index in [1.54, 1.807) is 0 Å². The van der Waals surface area contributed by atoms with Gasteiger partial charge in [0.15, 0.2) is 0 Å². The molecule has 0 saturated heterocycles. The average molecular weight is 218 g/mol. The molecule has 36 valence electrons. The predicted molar refractivity (Wildman–Crippen MR) is 26.3 cm³/mol. The molecule has 0 aromatic rings. The normalized spacial score (nSPS) is 25.7. The van der Waals surface area contributed by atoms with Gasteiger partial charge < -0.3 is 29.9 Å². The minimum Gasteiger partial charge on any atom is -1.00 e. The molecule has 0 aromatic heterocycles. The van der Waals surface area contributed by atoms with Gasteiger partial charge in [0.25, 0.3) is 0 Å². The van der Waals surface area contributed by atoms with E-state index in [9.17, 15) is 0 Å². The average Bonchev–Trinajstić information content (AvgIpc) is 0.592. The van der Waals surface area contributed by atoms with Crippen molar-refractivity contribution in [1.29, 1.82) is 0 Å². The van der Waals surface area contributed by atoms with Crippen LogP contribution in [0.25, 0.3) is 0 Å². The van der Waals surface area contributed by atoms with Crippen LogP contribution in [0.3, 0.4) is 0 Å². The van der Waals surface area contributed by atoms with Gasteiger partial charge >= 0.3 is 23.1 Å². The smallest absolute Gasteiger partial charge is 1.00 e. The Hall–Kier alpha value is 1.50. The van der Waals surface area contributed by atoms with Gasteiger partial charge in [0.2, 0.25) is 0 Å². The standard InChI is InChI=1S/C5H7.HI.Mg/c1-4-2-5(1)3-4;;/h4H,1-3H2;1H;/q-1;;+2/p-1. The Balaban J connectivity index is 0.000000180. The molecule has 3 aliphatic rings. The molecule has 0 atom stereocenters. The number of rotatable bonds is 0. The summed E-state index contributed by atoms with van der Waals surface area (Å²) >= 11 is 0. The van der Waals surface area contributed by atoms with Crippen molar-refractivity contribution >= 4 is 23.1 Å². The second kappa shape index (κ2) is 2.87. The third kappa shape index (κ3) is 1.24. The predicted octanol–water partition coefficient (Wildman–Crippen LogP) is -2.00. The van der Waals surface area contributed by atoms with Crippen LogP contribution in [0, 0.1) is 11.8 Å². The van der Waals surface area contributed by atoms with Gasteiger partial charge in [-0.25, -0.2) is 0 Å². The minimum atomic E-state index is 0. The first-order valence-electron chi connectivity index (χ1n) is 2.29. The second-order valence-electron chi connectivity index (χ2n) is 2.23. The maximum Gasteiger partial charge on any atom is 2.00 e. The molecule has 0 N–H and O–H groups in total. The Morgan fingerprint density at radius 3 is 1.29 bits per heavy atom. The summed E-state index contributed by atoms with van der Waals surface area (Å²) in [5, 5.41) is 0. The summed E-state index contributed by atoms with van der Waals surface area (Å²) in [5.74, 6) is 3.00. The van der Waals surface area contributed by atoms with Gasteiger partial charge in [-0.05, 0) is 0 Å². The zero-order chi connectivity index (χ0) is 3.28. The molecule has 0 amide bonds. The van der Waals surface area contributed by atoms with Gasteiger partial charge in [-0.1, -0.05) is 0 Å². The molecule has 2 bridgehead atoms. The third-order valence-electron chi connectivity index (χ3n) is 1.73. The van der Waals surface area contributed by atoms with E-state index in [4.69, 9.17) is 0 Å². The molecular weight excluding hydrogens is 211 g/mol. The summed E-state index contributed by atoms with van der Waals surface area (Å²) in [6.45, 7) is 0. The van der Waals surface area contributed by atoms with Gasteiger partial charge in [0.05, 0.1) is 0 Å². The molecule has 3 aliphatic carbocycles. The van der Waals surface area contributed by atoms with Crippen molar-refractivity contribution in [1.82, 2.24) is 0 Å². The minimum absolute atomic E-state index is 0. The summed E-state index contributed by atoms with van der Waals surface area (Å²) in [5.41, 5.74) is 0. The Morgan fingerprint density at radius 1 is 1.14 bits per heavy atom. The van der Waals surface area contributed by atoms with Gasteiger partial charge in [-0.2, -0.15) is 19.3 Å². The van der Waals surface area contributed by atoms with Gasteiger partial charge in [-0.15, -0.1) is 5.92 Å². The zero-order valence-electron chi connectivity index (χ0n) is 4.28. The summed E-state index contributed by atoms with van der Waals surface area (Å²) < 4.78 is 0. The van der Waals surface area contributed by atoms with Crippen LogP contribution in [0.15, 0.2) is 0 Å². The maximum atomic E-state index is 1.83. The molecule has 3 fully saturated rings. The fourth-order valence-electron chi connectivity index (χ4n) is 1.05. The molecule has 0 radical (unpaired) electrons. The molecule has 2 heteroatoms. The monoisotopic (exact) mass is 218 g/mol. The van der Waals surface area contributed by atoms with Gasteiger partial charge in [0.1, 0.15) is 0 Å². The Bertz CT molecular complexity index is 44.8. The molecule has 0 spiro atoms. The molecule has 7 heavy (non-hydrogen) atoms. The largest absolute Gasteiger partial charge is 2.00 e. The third-order valence-corrected chi connectivity index (χ3v) is 1.73. The number of hydrogen-bond acceptors (Lipinski definition) is 0. The zero-order valence-corrected chi connectivity index (χ0v) is 7.86. The molecular formula is C5H7IMg. The first kappa shape index (κ1) is 8.50. The van der Waals surface area contributed by atoms with Crippen LogP contribution in [0.4, 0.5) is 0 Å². The van der Waals surface area contributed by atoms with Crippen molar-refractivity contribution in [2.45, 2.75) is 19.3 Å². The van der Waals surface area contributed by atoms with Crippen LogP contribution >= 0.6 is 0 Å². The van der Waals surface area contributed by atoms with Crippen LogP contribution in [0.2, 0.25) is 0 Å². The topological polar surface area (TPSA) is 0 Å². The fraction of sp³-hybridized carbons (Fsp3) is 0.800. The summed E-state index contributed by atoms with van der Waals surface area (Å²) in [7, 11) is 0. The molecule has 3 rings (SSSR count). The van der Waals surface area contributed by atoms with Crippen molar-refractivity contribution < 1.29 is 24.0 Å². The summed E-state index contributed by atoms with van der Waals surface area (Å²) in [6.07, 6.45) is 4.50. The Labute approximate surface area is 77.6 Å². The van der Waals surface area contributed by atoms with Gasteiger partial charge in [-0.3, -0.25) is 0 Å². The maximum absolute atomic E-state index is 1.83. The van der Waals surface area contributed by atoms with Crippen LogP contribution in [0.1, 0.15) is 19.3 Å². The fourth-order valence-corrected chi connectivity index (χ4v) is 1.05. The number of hydrogen-bond donors (Lipinski definition) is 0. The summed E-state index contributed by atoms with van der Waals surface area (Å²) in [4.78, 5) is 0. The van der Waals surface area contributed by atoms with Crippen molar-refractivity contribution in [2.75, 3.05) is 0 Å². The molecule has 0 nitrogen and oxygen atoms in total. The van der Waals surface area contributed by atoms with Crippen molar-refractivity contribution in [3.8, 4) is 0 Å². The van der Waals surface area contributed by atoms with Crippen molar-refractivity contribution in [3.05, 3.63) is 5.92 Å². The van der Waals surface area contributed by atoms with Crippen LogP contribution in [0.5, 0.6) is 0 Å². The molecule has 3 saturated carbocycles. The first-order chi connectivity index (χ1) is 2.45. The quantitative estimate of drug-likeness (QED) is 0.251. The van der Waals surface area contributed by atoms with Crippen molar-refractivity contribution in [3.63, 3.8) is 0 Å². The van der Waals surface area contributed by atoms with E-state index in [1.165, 1.54) is 25.2 Å². The van der Waals surface area contributed by atoms with E-state index in [-0.39, 0.29) is 47.0 Å². The Morgan fingerprint density at radius 2 is 1.29 bits per heavy atom.